The molecule has 2 nitrogen and oxygen atoms in total. The number of hydrogen-bond donors (Lipinski definition) is 1. The zero-order valence-electron chi connectivity index (χ0n) is 9.51. The van der Waals surface area contributed by atoms with E-state index in [9.17, 15) is 4.79 Å². The number of nitrogens with one attached hydrogen (secondary N) is 1. The predicted octanol–water partition coefficient (Wildman–Crippen LogP) is 2.38. The smallest absolute Gasteiger partial charge is 0.133 e. The first-order valence-electron chi connectivity index (χ1n) is 5.94. The molecule has 1 fully saturated rings. The Balaban J connectivity index is 2.18. The highest BCUT2D eigenvalue weighted by Crippen LogP contribution is 2.17. The van der Waals surface area contributed by atoms with E-state index in [2.05, 4.69) is 19.2 Å². The van der Waals surface area contributed by atoms with E-state index in [-0.39, 0.29) is 0 Å². The molecule has 1 saturated heterocycles. The minimum Gasteiger partial charge on any atom is -0.316 e. The molecule has 2 atom stereocenters. The molecular formula is C12H23NO. The lowest BCUT2D eigenvalue weighted by Crippen LogP contribution is -2.31. The van der Waals surface area contributed by atoms with Crippen LogP contribution in [0.1, 0.15) is 46.0 Å². The van der Waals surface area contributed by atoms with Crippen LogP contribution in [0.5, 0.6) is 0 Å². The van der Waals surface area contributed by atoms with Crippen LogP contribution in [0.25, 0.3) is 0 Å². The average Bonchev–Trinajstić information content (AvgIpc) is 2.19. The third kappa shape index (κ3) is 4.23. The Hall–Kier alpha value is -0.370. The van der Waals surface area contributed by atoms with Crippen LogP contribution < -0.4 is 5.32 Å². The first-order valence-corrected chi connectivity index (χ1v) is 5.94. The molecule has 0 radical (unpaired) electrons. The van der Waals surface area contributed by atoms with Gasteiger partial charge < -0.3 is 5.32 Å². The Kier molecular flexibility index (Phi) is 5.16. The summed E-state index contributed by atoms with van der Waals surface area (Å²) in [5.41, 5.74) is 0. The zero-order chi connectivity index (χ0) is 10.4. The second kappa shape index (κ2) is 6.18. The van der Waals surface area contributed by atoms with E-state index in [0.717, 1.165) is 32.4 Å². The van der Waals surface area contributed by atoms with Crippen molar-refractivity contribution in [3.8, 4) is 0 Å². The monoisotopic (exact) mass is 197 g/mol. The van der Waals surface area contributed by atoms with Crippen molar-refractivity contribution in [3.63, 3.8) is 0 Å². The van der Waals surface area contributed by atoms with Crippen LogP contribution in [0.3, 0.4) is 0 Å². The van der Waals surface area contributed by atoms with Gasteiger partial charge in [-0.25, -0.2) is 0 Å². The molecule has 82 valence electrons. The standard InChI is InChI=1S/C12H23NO/c1-3-10(2)7-12(14)8-11-5-4-6-13-9-11/h10-11,13H,3-9H2,1-2H3. The van der Waals surface area contributed by atoms with Crippen molar-refractivity contribution < 1.29 is 4.79 Å². The molecule has 0 amide bonds. The van der Waals surface area contributed by atoms with Gasteiger partial charge in [-0.1, -0.05) is 20.3 Å². The summed E-state index contributed by atoms with van der Waals surface area (Å²) in [7, 11) is 0. The summed E-state index contributed by atoms with van der Waals surface area (Å²) in [6.45, 7) is 6.50. The summed E-state index contributed by atoms with van der Waals surface area (Å²) >= 11 is 0. The van der Waals surface area contributed by atoms with Crippen LogP contribution in [0, 0.1) is 11.8 Å². The SMILES string of the molecule is CCC(C)CC(=O)CC1CCCNC1. The molecule has 2 unspecified atom stereocenters. The zero-order valence-corrected chi connectivity index (χ0v) is 9.51. The molecule has 0 saturated carbocycles. The number of Topliss-reactive ketones (excluding diaryl/α,β-unsaturated/α-hetero) is 1. The van der Waals surface area contributed by atoms with Crippen molar-refractivity contribution in [2.24, 2.45) is 11.8 Å². The largest absolute Gasteiger partial charge is 0.316 e. The van der Waals surface area contributed by atoms with Crippen LogP contribution in [0.2, 0.25) is 0 Å². The van der Waals surface area contributed by atoms with Gasteiger partial charge in [-0.15, -0.1) is 0 Å². The molecule has 0 aromatic rings. The summed E-state index contributed by atoms with van der Waals surface area (Å²) in [6, 6.07) is 0. The minimum atomic E-state index is 0.466. The van der Waals surface area contributed by atoms with Gasteiger partial charge in [0.05, 0.1) is 0 Å². The Morgan fingerprint density at radius 2 is 2.36 bits per heavy atom. The molecular weight excluding hydrogens is 174 g/mol. The van der Waals surface area contributed by atoms with Crippen molar-refractivity contribution in [3.05, 3.63) is 0 Å². The fourth-order valence-electron chi connectivity index (χ4n) is 2.04. The van der Waals surface area contributed by atoms with Gasteiger partial charge in [-0.2, -0.15) is 0 Å². The van der Waals surface area contributed by atoms with Crippen LogP contribution in [-0.2, 0) is 4.79 Å². The fourth-order valence-corrected chi connectivity index (χ4v) is 2.04. The van der Waals surface area contributed by atoms with Crippen LogP contribution in [0.15, 0.2) is 0 Å². The van der Waals surface area contributed by atoms with E-state index in [1.165, 1.54) is 12.8 Å². The average molecular weight is 197 g/mol. The number of carbonyl (C=O) groups excluding carboxylic acids is 1. The number of piperidine rings is 1. The molecule has 1 N–H and O–H groups in total. The van der Waals surface area contributed by atoms with Crippen molar-refractivity contribution in [2.75, 3.05) is 13.1 Å². The summed E-state index contributed by atoms with van der Waals surface area (Å²) in [5.74, 6) is 1.65. The third-order valence-electron chi connectivity index (χ3n) is 3.19. The molecule has 1 aliphatic rings. The quantitative estimate of drug-likeness (QED) is 0.733. The summed E-state index contributed by atoms with van der Waals surface area (Å²) in [6.07, 6.45) is 5.18. The molecule has 1 heterocycles. The predicted molar refractivity (Wildman–Crippen MR) is 59.3 cm³/mol. The number of rotatable bonds is 5. The number of carbonyl (C=O) groups is 1. The lowest BCUT2D eigenvalue weighted by Gasteiger charge is -2.22. The van der Waals surface area contributed by atoms with Gasteiger partial charge in [-0.3, -0.25) is 4.79 Å². The van der Waals surface area contributed by atoms with Gasteiger partial charge in [0, 0.05) is 12.8 Å². The van der Waals surface area contributed by atoms with Gasteiger partial charge in [0.1, 0.15) is 5.78 Å². The highest BCUT2D eigenvalue weighted by atomic mass is 16.1. The van der Waals surface area contributed by atoms with Crippen LogP contribution in [-0.4, -0.2) is 18.9 Å². The highest BCUT2D eigenvalue weighted by molar-refractivity contribution is 5.78. The van der Waals surface area contributed by atoms with Gasteiger partial charge in [-0.05, 0) is 37.8 Å². The minimum absolute atomic E-state index is 0.466. The van der Waals surface area contributed by atoms with E-state index in [4.69, 9.17) is 0 Å². The van der Waals surface area contributed by atoms with Crippen molar-refractivity contribution >= 4 is 5.78 Å². The molecule has 2 heteroatoms. The maximum absolute atomic E-state index is 11.7. The van der Waals surface area contributed by atoms with Gasteiger partial charge in [0.2, 0.25) is 0 Å². The summed E-state index contributed by atoms with van der Waals surface area (Å²) in [5, 5.41) is 3.36. The number of hydrogen-bond acceptors (Lipinski definition) is 2. The van der Waals surface area contributed by atoms with Gasteiger partial charge in [0.25, 0.3) is 0 Å². The Morgan fingerprint density at radius 1 is 1.57 bits per heavy atom. The Bertz CT molecular complexity index is 173. The molecule has 0 aromatic heterocycles. The van der Waals surface area contributed by atoms with Crippen molar-refractivity contribution in [2.45, 2.75) is 46.0 Å². The molecule has 0 spiro atoms. The van der Waals surface area contributed by atoms with Gasteiger partial charge in [0.15, 0.2) is 0 Å². The lowest BCUT2D eigenvalue weighted by atomic mass is 9.90. The maximum atomic E-state index is 11.7. The number of ketones is 1. The first-order chi connectivity index (χ1) is 6.72. The molecule has 1 rings (SSSR count). The lowest BCUT2D eigenvalue weighted by molar-refractivity contribution is -0.120. The van der Waals surface area contributed by atoms with Crippen molar-refractivity contribution in [1.29, 1.82) is 0 Å². The second-order valence-electron chi connectivity index (χ2n) is 4.67. The first kappa shape index (κ1) is 11.7. The molecule has 0 aliphatic carbocycles. The maximum Gasteiger partial charge on any atom is 0.133 e. The van der Waals surface area contributed by atoms with Crippen LogP contribution >= 0.6 is 0 Å². The third-order valence-corrected chi connectivity index (χ3v) is 3.19. The Labute approximate surface area is 87.5 Å². The van der Waals surface area contributed by atoms with Crippen LogP contribution in [0.4, 0.5) is 0 Å². The fraction of sp³-hybridized carbons (Fsp3) is 0.917. The van der Waals surface area contributed by atoms with E-state index < -0.39 is 0 Å². The Morgan fingerprint density at radius 3 is 2.93 bits per heavy atom. The normalized spacial score (nSPS) is 24.6. The molecule has 0 bridgehead atoms. The summed E-state index contributed by atoms with van der Waals surface area (Å²) < 4.78 is 0. The highest BCUT2D eigenvalue weighted by Gasteiger charge is 2.17. The molecule has 1 aliphatic heterocycles. The summed E-state index contributed by atoms with van der Waals surface area (Å²) in [4.78, 5) is 11.7. The van der Waals surface area contributed by atoms with Crippen molar-refractivity contribution in [1.82, 2.24) is 5.32 Å². The second-order valence-corrected chi connectivity index (χ2v) is 4.67. The van der Waals surface area contributed by atoms with E-state index >= 15 is 0 Å². The van der Waals surface area contributed by atoms with E-state index in [1.807, 2.05) is 0 Å². The van der Waals surface area contributed by atoms with Gasteiger partial charge >= 0.3 is 0 Å². The topological polar surface area (TPSA) is 29.1 Å². The van der Waals surface area contributed by atoms with E-state index in [0.29, 0.717) is 17.6 Å². The van der Waals surface area contributed by atoms with E-state index in [1.54, 1.807) is 0 Å². The molecule has 14 heavy (non-hydrogen) atoms. The molecule has 0 aromatic carbocycles.